The molecule has 25 heavy (non-hydrogen) atoms. The van der Waals surface area contributed by atoms with Crippen LogP contribution in [0.4, 0.5) is 5.69 Å². The molecule has 2 heterocycles. The van der Waals surface area contributed by atoms with Crippen LogP contribution < -0.4 is 10.1 Å². The number of aliphatic imine (C=N–C) groups is 1. The van der Waals surface area contributed by atoms with Crippen LogP contribution in [-0.4, -0.2) is 72.0 Å². The maximum Gasteiger partial charge on any atom is 0.241 e. The van der Waals surface area contributed by atoms with Gasteiger partial charge in [-0.1, -0.05) is 18.7 Å². The fraction of sp³-hybridized carbons (Fsp3) is 0.556. The minimum Gasteiger partial charge on any atom is -0.497 e. The van der Waals surface area contributed by atoms with Crippen LogP contribution >= 0.6 is 11.8 Å². The molecule has 1 fully saturated rings. The van der Waals surface area contributed by atoms with E-state index in [1.54, 1.807) is 7.11 Å². The normalized spacial score (nSPS) is 22.4. The number of benzene rings is 1. The summed E-state index contributed by atoms with van der Waals surface area (Å²) in [7, 11) is 1.63. The number of amides is 1. The van der Waals surface area contributed by atoms with Gasteiger partial charge in [0.05, 0.1) is 19.7 Å². The van der Waals surface area contributed by atoms with Crippen LogP contribution in [-0.2, 0) is 4.79 Å². The molecule has 0 bridgehead atoms. The molecule has 1 aromatic rings. The lowest BCUT2D eigenvalue weighted by Gasteiger charge is -2.38. The van der Waals surface area contributed by atoms with E-state index >= 15 is 0 Å². The van der Waals surface area contributed by atoms with Crippen molar-refractivity contribution in [3.63, 3.8) is 0 Å². The zero-order chi connectivity index (χ0) is 17.8. The highest BCUT2D eigenvalue weighted by molar-refractivity contribution is 8.14. The lowest BCUT2D eigenvalue weighted by atomic mass is 10.2. The molecule has 0 radical (unpaired) electrons. The van der Waals surface area contributed by atoms with Gasteiger partial charge in [0.1, 0.15) is 5.75 Å². The quantitative estimate of drug-likeness (QED) is 0.889. The zero-order valence-electron chi connectivity index (χ0n) is 15.1. The first-order chi connectivity index (χ1) is 12.1. The summed E-state index contributed by atoms with van der Waals surface area (Å²) in [6, 6.07) is 7.26. The molecule has 7 heteroatoms. The second kappa shape index (κ2) is 8.10. The van der Waals surface area contributed by atoms with E-state index in [0.29, 0.717) is 5.25 Å². The van der Waals surface area contributed by atoms with Gasteiger partial charge in [0.25, 0.3) is 0 Å². The maximum absolute atomic E-state index is 12.5. The number of methoxy groups -OCH3 is 1. The Bertz CT molecular complexity index is 626. The van der Waals surface area contributed by atoms with Gasteiger partial charge in [0.15, 0.2) is 5.17 Å². The van der Waals surface area contributed by atoms with Crippen molar-refractivity contribution in [2.45, 2.75) is 25.1 Å². The average molecular weight is 362 g/mol. The number of rotatable bonds is 4. The third kappa shape index (κ3) is 4.46. The number of anilines is 1. The predicted molar refractivity (Wildman–Crippen MR) is 104 cm³/mol. The summed E-state index contributed by atoms with van der Waals surface area (Å²) < 4.78 is 5.14. The third-order valence-corrected chi connectivity index (χ3v) is 5.81. The average Bonchev–Trinajstić information content (AvgIpc) is 3.08. The number of carbonyl (C=O) groups excluding carboxylic acids is 1. The van der Waals surface area contributed by atoms with Crippen molar-refractivity contribution in [1.82, 2.24) is 9.80 Å². The summed E-state index contributed by atoms with van der Waals surface area (Å²) in [5.41, 5.74) is 0.794. The van der Waals surface area contributed by atoms with Crippen molar-refractivity contribution in [3.8, 4) is 5.75 Å². The number of piperazine rings is 1. The second-order valence-electron chi connectivity index (χ2n) is 6.47. The van der Waals surface area contributed by atoms with Crippen LogP contribution in [0.5, 0.6) is 5.75 Å². The minimum absolute atomic E-state index is 0.0276. The number of carbonyl (C=O) groups is 1. The van der Waals surface area contributed by atoms with Crippen molar-refractivity contribution in [2.24, 2.45) is 4.99 Å². The van der Waals surface area contributed by atoms with E-state index in [1.165, 1.54) is 5.17 Å². The molecule has 0 aliphatic carbocycles. The molecule has 2 aliphatic heterocycles. The first-order valence-electron chi connectivity index (χ1n) is 8.72. The molecule has 0 aromatic heterocycles. The number of amidine groups is 1. The predicted octanol–water partition coefficient (Wildman–Crippen LogP) is 2.13. The Labute approximate surface area is 153 Å². The van der Waals surface area contributed by atoms with Gasteiger partial charge in [0, 0.05) is 37.1 Å². The van der Waals surface area contributed by atoms with E-state index < -0.39 is 0 Å². The van der Waals surface area contributed by atoms with E-state index in [0.717, 1.165) is 44.2 Å². The Morgan fingerprint density at radius 2 is 1.96 bits per heavy atom. The fourth-order valence-electron chi connectivity index (χ4n) is 3.02. The van der Waals surface area contributed by atoms with Crippen LogP contribution in [0.2, 0.25) is 0 Å². The van der Waals surface area contributed by atoms with Crippen molar-refractivity contribution in [1.29, 1.82) is 0 Å². The molecule has 1 amide bonds. The third-order valence-electron chi connectivity index (χ3n) is 4.66. The number of hydrogen-bond acceptors (Lipinski definition) is 6. The summed E-state index contributed by atoms with van der Waals surface area (Å²) in [4.78, 5) is 21.7. The van der Waals surface area contributed by atoms with Gasteiger partial charge >= 0.3 is 0 Å². The summed E-state index contributed by atoms with van der Waals surface area (Å²) in [5, 5.41) is 4.74. The summed E-state index contributed by atoms with van der Waals surface area (Å²) in [6.07, 6.45) is 0. The summed E-state index contributed by atoms with van der Waals surface area (Å²) >= 11 is 1.86. The first kappa shape index (κ1) is 18.1. The highest BCUT2D eigenvalue weighted by Gasteiger charge is 2.28. The van der Waals surface area contributed by atoms with Crippen molar-refractivity contribution in [2.75, 3.05) is 45.2 Å². The number of nitrogens with one attached hydrogen (secondary N) is 1. The molecule has 1 N–H and O–H groups in total. The molecule has 0 unspecified atom stereocenters. The van der Waals surface area contributed by atoms with E-state index in [4.69, 9.17) is 4.74 Å². The van der Waals surface area contributed by atoms with Crippen LogP contribution in [0, 0.1) is 0 Å². The topological polar surface area (TPSA) is 57.2 Å². The van der Waals surface area contributed by atoms with Gasteiger partial charge in [-0.15, -0.1) is 0 Å². The Hall–Kier alpha value is -1.73. The van der Waals surface area contributed by atoms with Crippen molar-refractivity contribution >= 4 is 28.5 Å². The van der Waals surface area contributed by atoms with E-state index in [1.807, 2.05) is 43.0 Å². The molecule has 136 valence electrons. The van der Waals surface area contributed by atoms with Crippen LogP contribution in [0.3, 0.4) is 0 Å². The molecule has 1 aromatic carbocycles. The van der Waals surface area contributed by atoms with E-state index in [2.05, 4.69) is 27.0 Å². The molecule has 6 nitrogen and oxygen atoms in total. The number of ether oxygens (including phenoxy) is 1. The number of thioether (sulfide) groups is 1. The van der Waals surface area contributed by atoms with Gasteiger partial charge < -0.3 is 15.0 Å². The van der Waals surface area contributed by atoms with Crippen molar-refractivity contribution < 1.29 is 9.53 Å². The molecule has 3 rings (SSSR count). The summed E-state index contributed by atoms with van der Waals surface area (Å²) in [6.45, 7) is 8.72. The van der Waals surface area contributed by atoms with Gasteiger partial charge in [-0.05, 0) is 31.2 Å². The molecular formula is C18H26N4O2S. The van der Waals surface area contributed by atoms with Gasteiger partial charge in [0.2, 0.25) is 5.91 Å². The lowest BCUT2D eigenvalue weighted by Crippen LogP contribution is -2.53. The Kier molecular flexibility index (Phi) is 5.86. The SMILES string of the molecule is COc1ccc(NC(=O)[C@H](C)N2CCN(C3=NC[C@@H](C)S3)CC2)cc1. The zero-order valence-corrected chi connectivity index (χ0v) is 15.9. The van der Waals surface area contributed by atoms with Crippen LogP contribution in [0.25, 0.3) is 0 Å². The standard InChI is InChI=1S/C18H26N4O2S/c1-13-12-19-18(25-13)22-10-8-21(9-11-22)14(2)17(23)20-15-4-6-16(24-3)7-5-15/h4-7,13-14H,8-12H2,1-3H3,(H,20,23)/t13-,14+/m1/s1. The Morgan fingerprint density at radius 3 is 2.52 bits per heavy atom. The Balaban J connectivity index is 1.49. The smallest absolute Gasteiger partial charge is 0.241 e. The minimum atomic E-state index is -0.152. The molecule has 0 saturated carbocycles. The molecule has 2 atom stereocenters. The van der Waals surface area contributed by atoms with Gasteiger partial charge in [-0.3, -0.25) is 14.7 Å². The number of nitrogens with zero attached hydrogens (tertiary/aromatic N) is 3. The first-order valence-corrected chi connectivity index (χ1v) is 9.60. The van der Waals surface area contributed by atoms with E-state index in [-0.39, 0.29) is 11.9 Å². The molecule has 1 saturated heterocycles. The van der Waals surface area contributed by atoms with E-state index in [9.17, 15) is 4.79 Å². The summed E-state index contributed by atoms with van der Waals surface area (Å²) in [5.74, 6) is 0.809. The van der Waals surface area contributed by atoms with Crippen molar-refractivity contribution in [3.05, 3.63) is 24.3 Å². The molecule has 0 spiro atoms. The Morgan fingerprint density at radius 1 is 1.28 bits per heavy atom. The van der Waals surface area contributed by atoms with Crippen LogP contribution in [0.15, 0.2) is 29.3 Å². The highest BCUT2D eigenvalue weighted by atomic mass is 32.2. The molecular weight excluding hydrogens is 336 g/mol. The second-order valence-corrected chi connectivity index (χ2v) is 7.87. The monoisotopic (exact) mass is 362 g/mol. The van der Waals surface area contributed by atoms with Crippen LogP contribution in [0.1, 0.15) is 13.8 Å². The fourth-order valence-corrected chi connectivity index (χ4v) is 4.01. The molecule has 2 aliphatic rings. The highest BCUT2D eigenvalue weighted by Crippen LogP contribution is 2.24. The lowest BCUT2D eigenvalue weighted by molar-refractivity contribution is -0.121. The van der Waals surface area contributed by atoms with Gasteiger partial charge in [-0.2, -0.15) is 0 Å². The maximum atomic E-state index is 12.5. The largest absolute Gasteiger partial charge is 0.497 e. The number of hydrogen-bond donors (Lipinski definition) is 1. The van der Waals surface area contributed by atoms with Gasteiger partial charge in [-0.25, -0.2) is 0 Å².